The van der Waals surface area contributed by atoms with Gasteiger partial charge < -0.3 is 20.5 Å². The molecule has 0 aliphatic heterocycles. The zero-order valence-corrected chi connectivity index (χ0v) is 17.2. The minimum Gasteiger partial charge on any atom is -0.496 e. The topological polar surface area (TPSA) is 86.5 Å². The van der Waals surface area contributed by atoms with Crippen LogP contribution in [0.2, 0.25) is 0 Å². The molecule has 0 spiro atoms. The van der Waals surface area contributed by atoms with Crippen molar-refractivity contribution in [2.45, 2.75) is 44.6 Å². The summed E-state index contributed by atoms with van der Waals surface area (Å²) in [5.74, 6) is 1.40. The number of rotatable bonds is 7. The quantitative estimate of drug-likeness (QED) is 0.712. The van der Waals surface area contributed by atoms with E-state index in [1.165, 1.54) is 20.0 Å². The summed E-state index contributed by atoms with van der Waals surface area (Å²) in [5.41, 5.74) is 6.88. The first-order valence-electron chi connectivity index (χ1n) is 10.6. The van der Waals surface area contributed by atoms with E-state index in [4.69, 9.17) is 15.2 Å². The van der Waals surface area contributed by atoms with Crippen LogP contribution >= 0.6 is 0 Å². The predicted molar refractivity (Wildman–Crippen MR) is 113 cm³/mol. The van der Waals surface area contributed by atoms with Crippen molar-refractivity contribution in [3.8, 4) is 22.6 Å². The van der Waals surface area contributed by atoms with Crippen LogP contribution in [0.3, 0.4) is 0 Å². The average Bonchev–Trinajstić information content (AvgIpc) is 3.58. The molecule has 2 aliphatic carbocycles. The molecular formula is C23H28FN3O3. The van der Waals surface area contributed by atoms with E-state index in [0.29, 0.717) is 47.4 Å². The van der Waals surface area contributed by atoms with E-state index in [1.54, 1.807) is 18.2 Å². The van der Waals surface area contributed by atoms with Crippen LogP contribution in [0.25, 0.3) is 11.1 Å². The zero-order chi connectivity index (χ0) is 21.1. The first kappa shape index (κ1) is 20.6. The van der Waals surface area contributed by atoms with Crippen LogP contribution in [0.4, 0.5) is 10.2 Å². The molecule has 160 valence electrons. The lowest BCUT2D eigenvalue weighted by Gasteiger charge is -2.25. The molecule has 1 amide bonds. The van der Waals surface area contributed by atoms with Crippen LogP contribution in [0.5, 0.6) is 11.5 Å². The smallest absolute Gasteiger partial charge is 0.228 e. The number of pyridine rings is 1. The fraction of sp³-hybridized carbons (Fsp3) is 0.478. The van der Waals surface area contributed by atoms with Gasteiger partial charge in [-0.1, -0.05) is 6.42 Å². The first-order chi connectivity index (χ1) is 14.5. The molecule has 7 heteroatoms. The maximum atomic E-state index is 14.6. The Bertz CT molecular complexity index is 917. The Morgan fingerprint density at radius 1 is 1.23 bits per heavy atom. The van der Waals surface area contributed by atoms with Gasteiger partial charge in [-0.15, -0.1) is 0 Å². The number of nitrogens with one attached hydrogen (secondary N) is 1. The van der Waals surface area contributed by atoms with E-state index < -0.39 is 5.82 Å². The number of nitrogens with two attached hydrogens (primary N) is 1. The van der Waals surface area contributed by atoms with Crippen molar-refractivity contribution < 1.29 is 18.7 Å². The number of carbonyl (C=O) groups is 1. The number of anilines is 1. The Labute approximate surface area is 176 Å². The van der Waals surface area contributed by atoms with Crippen LogP contribution in [-0.2, 0) is 4.79 Å². The Balaban J connectivity index is 1.52. The molecule has 30 heavy (non-hydrogen) atoms. The molecule has 6 nitrogen and oxygen atoms in total. The van der Waals surface area contributed by atoms with Crippen LogP contribution in [0.15, 0.2) is 30.5 Å². The van der Waals surface area contributed by atoms with Gasteiger partial charge in [0, 0.05) is 29.2 Å². The number of amides is 1. The highest BCUT2D eigenvalue weighted by molar-refractivity contribution is 5.92. The Hall–Kier alpha value is -2.67. The van der Waals surface area contributed by atoms with Gasteiger partial charge in [0.25, 0.3) is 0 Å². The second kappa shape index (κ2) is 9.00. The van der Waals surface area contributed by atoms with Gasteiger partial charge in [0.2, 0.25) is 5.91 Å². The van der Waals surface area contributed by atoms with Gasteiger partial charge in [0.1, 0.15) is 23.1 Å². The Morgan fingerprint density at radius 2 is 2.07 bits per heavy atom. The van der Waals surface area contributed by atoms with Gasteiger partial charge in [0.05, 0.1) is 19.9 Å². The third-order valence-electron chi connectivity index (χ3n) is 5.84. The van der Waals surface area contributed by atoms with E-state index in [1.807, 2.05) is 6.07 Å². The SMILES string of the molecule is COc1cc(OCC2CC2)ccc1-c1cc(NC(=O)[C@H]2CCC[C@@H](N)C2)ncc1F. The molecule has 1 aromatic carbocycles. The largest absolute Gasteiger partial charge is 0.496 e. The van der Waals surface area contributed by atoms with Gasteiger partial charge in [-0.25, -0.2) is 9.37 Å². The minimum atomic E-state index is -0.488. The van der Waals surface area contributed by atoms with Gasteiger partial charge >= 0.3 is 0 Å². The number of aromatic nitrogens is 1. The lowest BCUT2D eigenvalue weighted by atomic mass is 9.85. The van der Waals surface area contributed by atoms with Crippen molar-refractivity contribution >= 4 is 11.7 Å². The summed E-state index contributed by atoms with van der Waals surface area (Å²) < 4.78 is 25.9. The molecule has 4 rings (SSSR count). The monoisotopic (exact) mass is 413 g/mol. The summed E-state index contributed by atoms with van der Waals surface area (Å²) in [5, 5.41) is 2.82. The van der Waals surface area contributed by atoms with Crippen molar-refractivity contribution in [3.05, 3.63) is 36.3 Å². The van der Waals surface area contributed by atoms with Crippen molar-refractivity contribution in [2.24, 2.45) is 17.6 Å². The molecule has 0 bridgehead atoms. The van der Waals surface area contributed by atoms with E-state index in [2.05, 4.69) is 10.3 Å². The van der Waals surface area contributed by atoms with E-state index >= 15 is 0 Å². The van der Waals surface area contributed by atoms with E-state index in [-0.39, 0.29) is 17.9 Å². The number of methoxy groups -OCH3 is 1. The first-order valence-corrected chi connectivity index (χ1v) is 10.6. The highest BCUT2D eigenvalue weighted by Crippen LogP contribution is 2.37. The van der Waals surface area contributed by atoms with Gasteiger partial charge in [-0.05, 0) is 56.2 Å². The van der Waals surface area contributed by atoms with Crippen LogP contribution < -0.4 is 20.5 Å². The highest BCUT2D eigenvalue weighted by atomic mass is 19.1. The van der Waals surface area contributed by atoms with Gasteiger partial charge in [0.15, 0.2) is 0 Å². The normalized spacial score (nSPS) is 21.2. The van der Waals surface area contributed by atoms with Crippen LogP contribution in [0.1, 0.15) is 38.5 Å². The number of ether oxygens (including phenoxy) is 2. The Kier molecular flexibility index (Phi) is 6.18. The van der Waals surface area contributed by atoms with Crippen molar-refractivity contribution in [2.75, 3.05) is 19.0 Å². The molecule has 3 N–H and O–H groups in total. The molecule has 0 saturated heterocycles. The number of nitrogens with zero attached hydrogens (tertiary/aromatic N) is 1. The number of benzene rings is 1. The van der Waals surface area contributed by atoms with Gasteiger partial charge in [-0.2, -0.15) is 0 Å². The molecule has 2 saturated carbocycles. The summed E-state index contributed by atoms with van der Waals surface area (Å²) >= 11 is 0. The fourth-order valence-corrected chi connectivity index (χ4v) is 3.89. The predicted octanol–water partition coefficient (Wildman–Crippen LogP) is 4.14. The maximum Gasteiger partial charge on any atom is 0.228 e. The zero-order valence-electron chi connectivity index (χ0n) is 17.2. The molecule has 2 atom stereocenters. The van der Waals surface area contributed by atoms with E-state index in [9.17, 15) is 9.18 Å². The third-order valence-corrected chi connectivity index (χ3v) is 5.84. The van der Waals surface area contributed by atoms with Crippen molar-refractivity contribution in [1.29, 1.82) is 0 Å². The minimum absolute atomic E-state index is 0.0520. The number of halogens is 1. The number of hydrogen-bond donors (Lipinski definition) is 2. The third kappa shape index (κ3) is 4.90. The summed E-state index contributed by atoms with van der Waals surface area (Å²) in [7, 11) is 1.54. The molecule has 0 radical (unpaired) electrons. The summed E-state index contributed by atoms with van der Waals surface area (Å²) in [6.07, 6.45) is 6.89. The molecule has 2 aliphatic rings. The molecule has 1 aromatic heterocycles. The second-order valence-electron chi connectivity index (χ2n) is 8.28. The fourth-order valence-electron chi connectivity index (χ4n) is 3.89. The molecule has 2 fully saturated rings. The van der Waals surface area contributed by atoms with Crippen LogP contribution in [0, 0.1) is 17.7 Å². The lowest BCUT2D eigenvalue weighted by molar-refractivity contribution is -0.120. The molecule has 2 aromatic rings. The maximum absolute atomic E-state index is 14.6. The lowest BCUT2D eigenvalue weighted by Crippen LogP contribution is -2.34. The number of hydrogen-bond acceptors (Lipinski definition) is 5. The second-order valence-corrected chi connectivity index (χ2v) is 8.28. The average molecular weight is 413 g/mol. The molecule has 1 heterocycles. The molecule has 0 unspecified atom stereocenters. The van der Waals surface area contributed by atoms with Crippen LogP contribution in [-0.4, -0.2) is 30.6 Å². The van der Waals surface area contributed by atoms with Crippen molar-refractivity contribution in [3.63, 3.8) is 0 Å². The summed E-state index contributed by atoms with van der Waals surface area (Å²) in [6.45, 7) is 0.688. The summed E-state index contributed by atoms with van der Waals surface area (Å²) in [4.78, 5) is 16.6. The van der Waals surface area contributed by atoms with Gasteiger partial charge in [-0.3, -0.25) is 4.79 Å². The standard InChI is InChI=1S/C23H28FN3O3/c1-29-21-10-17(30-13-14-5-6-14)7-8-18(21)19-11-22(26-12-20(19)24)27-23(28)15-3-2-4-16(25)9-15/h7-8,10-12,14-16H,2-6,9,13,25H2,1H3,(H,26,27,28)/t15-,16+/m0/s1. The van der Waals surface area contributed by atoms with Crippen molar-refractivity contribution in [1.82, 2.24) is 4.98 Å². The summed E-state index contributed by atoms with van der Waals surface area (Å²) in [6, 6.07) is 6.93. The van der Waals surface area contributed by atoms with E-state index in [0.717, 1.165) is 25.5 Å². The Morgan fingerprint density at radius 3 is 2.80 bits per heavy atom. The molecular weight excluding hydrogens is 385 g/mol. The number of carbonyl (C=O) groups excluding carboxylic acids is 1. The highest BCUT2D eigenvalue weighted by Gasteiger charge is 2.26.